The second-order valence-corrected chi connectivity index (χ2v) is 12.3. The molecule has 4 rings (SSSR count). The third-order valence-corrected chi connectivity index (χ3v) is 10.2. The normalized spacial score (nSPS) is 16.7. The standard InChI is InChI=1S/C38H46/c1-7-28-37(5,33-24-16-10-17-25-33)38(6,34-26-18-11-19-27-34)30-29-36(4,32-22-14-9-15-23-32)35(2,3)31-20-12-8-13-21-31/h8-27H,7,28-30H2,1-6H3. The molecule has 0 radical (unpaired) electrons. The van der Waals surface area contributed by atoms with Crippen molar-refractivity contribution in [3.05, 3.63) is 144 Å². The van der Waals surface area contributed by atoms with E-state index in [1.54, 1.807) is 0 Å². The molecule has 0 heteroatoms. The van der Waals surface area contributed by atoms with Crippen LogP contribution < -0.4 is 0 Å². The zero-order valence-corrected chi connectivity index (χ0v) is 24.4. The molecule has 4 aromatic rings. The first-order valence-corrected chi connectivity index (χ1v) is 14.4. The average molecular weight is 503 g/mol. The van der Waals surface area contributed by atoms with Gasteiger partial charge in [0.2, 0.25) is 0 Å². The summed E-state index contributed by atoms with van der Waals surface area (Å²) >= 11 is 0. The van der Waals surface area contributed by atoms with E-state index in [2.05, 4.69) is 163 Å². The van der Waals surface area contributed by atoms with Crippen LogP contribution in [0.4, 0.5) is 0 Å². The van der Waals surface area contributed by atoms with Gasteiger partial charge in [-0.3, -0.25) is 0 Å². The molecular weight excluding hydrogens is 456 g/mol. The zero-order chi connectivity index (χ0) is 27.3. The molecule has 0 heterocycles. The Morgan fingerprint density at radius 1 is 0.368 bits per heavy atom. The smallest absolute Gasteiger partial charge is 0.00192 e. The highest BCUT2D eigenvalue weighted by Crippen LogP contribution is 2.54. The van der Waals surface area contributed by atoms with Gasteiger partial charge in [0.25, 0.3) is 0 Å². The minimum Gasteiger partial charge on any atom is -0.0654 e. The van der Waals surface area contributed by atoms with Crippen molar-refractivity contribution < 1.29 is 0 Å². The maximum Gasteiger partial charge on any atom is 0.00192 e. The predicted octanol–water partition coefficient (Wildman–Crippen LogP) is 10.4. The van der Waals surface area contributed by atoms with Crippen LogP contribution in [-0.2, 0) is 21.7 Å². The van der Waals surface area contributed by atoms with Crippen LogP contribution in [0.5, 0.6) is 0 Å². The van der Waals surface area contributed by atoms with Crippen LogP contribution >= 0.6 is 0 Å². The predicted molar refractivity (Wildman–Crippen MR) is 165 cm³/mol. The van der Waals surface area contributed by atoms with Crippen LogP contribution in [0.25, 0.3) is 0 Å². The first-order chi connectivity index (χ1) is 18.2. The lowest BCUT2D eigenvalue weighted by molar-refractivity contribution is 0.170. The van der Waals surface area contributed by atoms with E-state index in [4.69, 9.17) is 0 Å². The maximum absolute atomic E-state index is 2.53. The van der Waals surface area contributed by atoms with Crippen molar-refractivity contribution in [1.82, 2.24) is 0 Å². The summed E-state index contributed by atoms with van der Waals surface area (Å²) in [7, 11) is 0. The highest BCUT2D eigenvalue weighted by Gasteiger charge is 2.49. The summed E-state index contributed by atoms with van der Waals surface area (Å²) in [4.78, 5) is 0. The monoisotopic (exact) mass is 502 g/mol. The van der Waals surface area contributed by atoms with Crippen molar-refractivity contribution in [2.75, 3.05) is 0 Å². The Morgan fingerprint density at radius 2 is 0.658 bits per heavy atom. The van der Waals surface area contributed by atoms with E-state index in [-0.39, 0.29) is 21.7 Å². The second kappa shape index (κ2) is 11.3. The molecule has 0 aromatic heterocycles. The van der Waals surface area contributed by atoms with Crippen LogP contribution in [0.15, 0.2) is 121 Å². The quantitative estimate of drug-likeness (QED) is 0.191. The molecule has 0 N–H and O–H groups in total. The van der Waals surface area contributed by atoms with Crippen molar-refractivity contribution in [2.45, 2.75) is 88.9 Å². The highest BCUT2D eigenvalue weighted by molar-refractivity contribution is 5.40. The number of hydrogen-bond acceptors (Lipinski definition) is 0. The highest BCUT2D eigenvalue weighted by atomic mass is 14.5. The van der Waals surface area contributed by atoms with Gasteiger partial charge in [0.1, 0.15) is 0 Å². The van der Waals surface area contributed by atoms with Gasteiger partial charge in [0, 0.05) is 16.2 Å². The molecule has 38 heavy (non-hydrogen) atoms. The van der Waals surface area contributed by atoms with Gasteiger partial charge in [0.05, 0.1) is 0 Å². The van der Waals surface area contributed by atoms with Gasteiger partial charge in [0.15, 0.2) is 0 Å². The first kappa shape index (κ1) is 27.9. The fourth-order valence-electron chi connectivity index (χ4n) is 6.89. The largest absolute Gasteiger partial charge is 0.0654 e. The minimum atomic E-state index is -0.0601. The fourth-order valence-corrected chi connectivity index (χ4v) is 6.89. The fraction of sp³-hybridized carbons (Fsp3) is 0.368. The Hall–Kier alpha value is -3.12. The van der Waals surface area contributed by atoms with Gasteiger partial charge in [-0.05, 0) is 46.9 Å². The second-order valence-electron chi connectivity index (χ2n) is 12.3. The Balaban J connectivity index is 1.86. The van der Waals surface area contributed by atoms with Crippen LogP contribution in [0.2, 0.25) is 0 Å². The first-order valence-electron chi connectivity index (χ1n) is 14.4. The summed E-state index contributed by atoms with van der Waals surface area (Å²) in [6.45, 7) is 14.8. The topological polar surface area (TPSA) is 0 Å². The summed E-state index contributed by atoms with van der Waals surface area (Å²) in [6, 6.07) is 44.9. The van der Waals surface area contributed by atoms with E-state index in [1.807, 2.05) is 0 Å². The molecule has 198 valence electrons. The van der Waals surface area contributed by atoms with E-state index in [9.17, 15) is 0 Å². The summed E-state index contributed by atoms with van der Waals surface area (Å²) in [5.74, 6) is 0. The molecule has 0 nitrogen and oxygen atoms in total. The van der Waals surface area contributed by atoms with E-state index in [0.717, 1.165) is 25.7 Å². The molecule has 0 saturated heterocycles. The molecule has 0 bridgehead atoms. The Bertz CT molecular complexity index is 1260. The zero-order valence-electron chi connectivity index (χ0n) is 24.4. The summed E-state index contributed by atoms with van der Waals surface area (Å²) in [6.07, 6.45) is 4.46. The molecule has 0 amide bonds. The van der Waals surface area contributed by atoms with E-state index in [1.165, 1.54) is 22.3 Å². The lowest BCUT2D eigenvalue weighted by Gasteiger charge is -2.52. The molecular formula is C38H46. The van der Waals surface area contributed by atoms with Crippen LogP contribution in [0.1, 0.15) is 89.5 Å². The Labute approximate surface area is 232 Å². The van der Waals surface area contributed by atoms with E-state index >= 15 is 0 Å². The van der Waals surface area contributed by atoms with Crippen LogP contribution in [-0.4, -0.2) is 0 Å². The molecule has 0 aliphatic rings. The molecule has 0 saturated carbocycles. The van der Waals surface area contributed by atoms with Crippen molar-refractivity contribution >= 4 is 0 Å². The van der Waals surface area contributed by atoms with Crippen LogP contribution in [0, 0.1) is 0 Å². The van der Waals surface area contributed by atoms with Gasteiger partial charge >= 0.3 is 0 Å². The van der Waals surface area contributed by atoms with Gasteiger partial charge in [-0.15, -0.1) is 0 Å². The third-order valence-electron chi connectivity index (χ3n) is 10.2. The SMILES string of the molecule is CCCC(C)(c1ccccc1)C(C)(CCC(C)(c1ccccc1)C(C)(C)c1ccccc1)c1ccccc1. The molecule has 0 spiro atoms. The van der Waals surface area contributed by atoms with E-state index in [0.29, 0.717) is 0 Å². The molecule has 0 aliphatic carbocycles. The van der Waals surface area contributed by atoms with Crippen molar-refractivity contribution in [1.29, 1.82) is 0 Å². The van der Waals surface area contributed by atoms with Crippen molar-refractivity contribution in [3.63, 3.8) is 0 Å². The van der Waals surface area contributed by atoms with Crippen molar-refractivity contribution in [2.24, 2.45) is 0 Å². The summed E-state index contributed by atoms with van der Waals surface area (Å²) < 4.78 is 0. The van der Waals surface area contributed by atoms with Crippen molar-refractivity contribution in [3.8, 4) is 0 Å². The third kappa shape index (κ3) is 4.98. The average Bonchev–Trinajstić information content (AvgIpc) is 2.97. The van der Waals surface area contributed by atoms with Gasteiger partial charge in [-0.25, -0.2) is 0 Å². The van der Waals surface area contributed by atoms with E-state index < -0.39 is 0 Å². The molecule has 0 fully saturated rings. The van der Waals surface area contributed by atoms with Gasteiger partial charge < -0.3 is 0 Å². The number of rotatable bonds is 11. The number of benzene rings is 4. The van der Waals surface area contributed by atoms with Crippen LogP contribution in [0.3, 0.4) is 0 Å². The molecule has 3 atom stereocenters. The maximum atomic E-state index is 2.53. The minimum absolute atomic E-state index is 0.00114. The van der Waals surface area contributed by atoms with Gasteiger partial charge in [-0.1, -0.05) is 169 Å². The summed E-state index contributed by atoms with van der Waals surface area (Å²) in [5, 5.41) is 0. The summed E-state index contributed by atoms with van der Waals surface area (Å²) in [5.41, 5.74) is 5.53. The Morgan fingerprint density at radius 3 is 1.03 bits per heavy atom. The molecule has 0 aliphatic heterocycles. The lowest BCUT2D eigenvalue weighted by atomic mass is 9.51. The van der Waals surface area contributed by atoms with Gasteiger partial charge in [-0.2, -0.15) is 0 Å². The number of hydrogen-bond donors (Lipinski definition) is 0. The molecule has 4 aromatic carbocycles. The lowest BCUT2D eigenvalue weighted by Crippen LogP contribution is -2.49. The Kier molecular flexibility index (Phi) is 8.31. The molecule has 3 unspecified atom stereocenters.